The molecule has 2 heterocycles. The maximum absolute atomic E-state index is 11.9. The van der Waals surface area contributed by atoms with E-state index in [1.807, 2.05) is 0 Å². The fourth-order valence-corrected chi connectivity index (χ4v) is 1.80. The van der Waals surface area contributed by atoms with Gasteiger partial charge in [0.15, 0.2) is 0 Å². The van der Waals surface area contributed by atoms with Crippen molar-refractivity contribution in [1.82, 2.24) is 9.97 Å². The minimum Gasteiger partial charge on any atom is -0.477 e. The summed E-state index contributed by atoms with van der Waals surface area (Å²) in [5.41, 5.74) is 1.19. The Morgan fingerprint density at radius 3 is 2.74 bits per heavy atom. The Bertz CT molecular complexity index is 634. The molecule has 2 aromatic rings. The Kier molecular flexibility index (Phi) is 3.66. The van der Waals surface area contributed by atoms with Crippen molar-refractivity contribution >= 4 is 33.5 Å². The molecular weight excluding hydrogens is 314 g/mol. The number of nitrogens with one attached hydrogen (secondary N) is 2. The third-order valence-corrected chi connectivity index (χ3v) is 2.87. The lowest BCUT2D eigenvalue weighted by molar-refractivity contribution is 0.0692. The fourth-order valence-electron chi connectivity index (χ4n) is 1.56. The molecule has 6 nitrogen and oxygen atoms in total. The van der Waals surface area contributed by atoms with E-state index in [4.69, 9.17) is 5.11 Å². The minimum absolute atomic E-state index is 0.0454. The van der Waals surface area contributed by atoms with Crippen LogP contribution in [0.5, 0.6) is 0 Å². The minimum atomic E-state index is -1.13. The van der Waals surface area contributed by atoms with Crippen molar-refractivity contribution in [3.63, 3.8) is 0 Å². The standard InChI is InChI=1S/C12H10BrN3O3/c1-6-4-8(10(15-6)12(18)19)16-11(17)7-2-3-9(13)14-5-7/h2-5,15H,1H3,(H,16,17)(H,18,19). The molecule has 0 spiro atoms. The predicted octanol–water partition coefficient (Wildman–Crippen LogP) is 2.43. The van der Waals surface area contributed by atoms with Gasteiger partial charge in [0, 0.05) is 11.9 Å². The molecule has 0 aromatic carbocycles. The Labute approximate surface area is 117 Å². The second-order valence-corrected chi connectivity index (χ2v) is 4.68. The normalized spacial score (nSPS) is 10.2. The number of anilines is 1. The Hall–Kier alpha value is -2.15. The van der Waals surface area contributed by atoms with Gasteiger partial charge in [0.2, 0.25) is 0 Å². The molecule has 0 aliphatic rings. The van der Waals surface area contributed by atoms with Crippen molar-refractivity contribution in [3.05, 3.63) is 46.0 Å². The molecule has 7 heteroatoms. The molecule has 1 amide bonds. The number of H-pyrrole nitrogens is 1. The average Bonchev–Trinajstić information content (AvgIpc) is 2.71. The molecule has 0 fully saturated rings. The maximum Gasteiger partial charge on any atom is 0.354 e. The van der Waals surface area contributed by atoms with Gasteiger partial charge in [-0.2, -0.15) is 0 Å². The van der Waals surface area contributed by atoms with Gasteiger partial charge in [-0.3, -0.25) is 4.79 Å². The van der Waals surface area contributed by atoms with Crippen molar-refractivity contribution in [1.29, 1.82) is 0 Å². The summed E-state index contributed by atoms with van der Waals surface area (Å²) in [4.78, 5) is 29.5. The van der Waals surface area contributed by atoms with E-state index < -0.39 is 11.9 Å². The van der Waals surface area contributed by atoms with Gasteiger partial charge in [0.25, 0.3) is 5.91 Å². The Balaban J connectivity index is 2.24. The molecule has 0 radical (unpaired) electrons. The Morgan fingerprint density at radius 2 is 2.16 bits per heavy atom. The summed E-state index contributed by atoms with van der Waals surface area (Å²) < 4.78 is 0.618. The van der Waals surface area contributed by atoms with Crippen LogP contribution in [0, 0.1) is 6.92 Å². The summed E-state index contributed by atoms with van der Waals surface area (Å²) in [5.74, 6) is -1.54. The van der Waals surface area contributed by atoms with Crippen LogP contribution < -0.4 is 5.32 Å². The number of aromatic carboxylic acids is 1. The van der Waals surface area contributed by atoms with Gasteiger partial charge in [0.1, 0.15) is 10.3 Å². The second kappa shape index (κ2) is 5.23. The lowest BCUT2D eigenvalue weighted by Gasteiger charge is -2.04. The maximum atomic E-state index is 11.9. The van der Waals surface area contributed by atoms with E-state index in [9.17, 15) is 9.59 Å². The van der Waals surface area contributed by atoms with Crippen molar-refractivity contribution in [3.8, 4) is 0 Å². The first-order chi connectivity index (χ1) is 8.97. The predicted molar refractivity (Wildman–Crippen MR) is 72.4 cm³/mol. The number of halogens is 1. The van der Waals surface area contributed by atoms with Crippen LogP contribution in [-0.4, -0.2) is 27.0 Å². The highest BCUT2D eigenvalue weighted by Crippen LogP contribution is 2.18. The number of pyridine rings is 1. The topological polar surface area (TPSA) is 95.1 Å². The molecule has 0 atom stereocenters. The van der Waals surface area contributed by atoms with E-state index >= 15 is 0 Å². The number of carboxylic acid groups (broad SMARTS) is 1. The highest BCUT2D eigenvalue weighted by Gasteiger charge is 2.16. The monoisotopic (exact) mass is 323 g/mol. The van der Waals surface area contributed by atoms with Crippen LogP contribution in [0.3, 0.4) is 0 Å². The van der Waals surface area contributed by atoms with Gasteiger partial charge in [-0.1, -0.05) is 0 Å². The van der Waals surface area contributed by atoms with Crippen molar-refractivity contribution in [2.45, 2.75) is 6.92 Å². The lowest BCUT2D eigenvalue weighted by Crippen LogP contribution is -2.14. The van der Waals surface area contributed by atoms with Crippen LogP contribution >= 0.6 is 15.9 Å². The molecule has 19 heavy (non-hydrogen) atoms. The largest absolute Gasteiger partial charge is 0.477 e. The third kappa shape index (κ3) is 3.00. The highest BCUT2D eigenvalue weighted by molar-refractivity contribution is 9.10. The number of carbonyl (C=O) groups is 2. The van der Waals surface area contributed by atoms with E-state index in [-0.39, 0.29) is 11.4 Å². The molecule has 3 N–H and O–H groups in total. The first-order valence-corrected chi connectivity index (χ1v) is 6.12. The van der Waals surface area contributed by atoms with Gasteiger partial charge in [-0.15, -0.1) is 0 Å². The molecule has 0 bridgehead atoms. The van der Waals surface area contributed by atoms with Crippen molar-refractivity contribution < 1.29 is 14.7 Å². The first kappa shape index (κ1) is 13.3. The smallest absolute Gasteiger partial charge is 0.354 e. The highest BCUT2D eigenvalue weighted by atomic mass is 79.9. The van der Waals surface area contributed by atoms with Gasteiger partial charge in [-0.25, -0.2) is 9.78 Å². The number of aromatic amines is 1. The molecule has 2 rings (SSSR count). The summed E-state index contributed by atoms with van der Waals surface area (Å²) in [7, 11) is 0. The number of nitrogens with zero attached hydrogens (tertiary/aromatic N) is 1. The molecule has 0 saturated heterocycles. The number of carbonyl (C=O) groups excluding carboxylic acids is 1. The first-order valence-electron chi connectivity index (χ1n) is 5.33. The fraction of sp³-hybridized carbons (Fsp3) is 0.0833. The van der Waals surface area contributed by atoms with Crippen molar-refractivity contribution in [2.24, 2.45) is 0 Å². The third-order valence-electron chi connectivity index (χ3n) is 2.40. The van der Waals surface area contributed by atoms with Gasteiger partial charge < -0.3 is 15.4 Å². The van der Waals surface area contributed by atoms with Crippen molar-refractivity contribution in [2.75, 3.05) is 5.32 Å². The summed E-state index contributed by atoms with van der Waals surface area (Å²) >= 11 is 3.17. The van der Waals surface area contributed by atoms with E-state index in [1.54, 1.807) is 25.1 Å². The quantitative estimate of drug-likeness (QED) is 0.756. The van der Waals surface area contributed by atoms with Crippen LogP contribution in [0.4, 0.5) is 5.69 Å². The summed E-state index contributed by atoms with van der Waals surface area (Å²) in [6.07, 6.45) is 1.40. The number of carboxylic acids is 1. The number of aryl methyl sites for hydroxylation is 1. The zero-order valence-electron chi connectivity index (χ0n) is 9.90. The summed E-state index contributed by atoms with van der Waals surface area (Å²) in [5, 5.41) is 11.5. The van der Waals surface area contributed by atoms with Crippen LogP contribution in [0.1, 0.15) is 26.5 Å². The average molecular weight is 324 g/mol. The zero-order valence-corrected chi connectivity index (χ0v) is 11.5. The number of hydrogen-bond acceptors (Lipinski definition) is 3. The van der Waals surface area contributed by atoms with E-state index in [1.165, 1.54) is 6.20 Å². The molecule has 98 valence electrons. The van der Waals surface area contributed by atoms with E-state index in [0.717, 1.165) is 0 Å². The molecule has 0 aliphatic heterocycles. The summed E-state index contributed by atoms with van der Waals surface area (Å²) in [6, 6.07) is 4.79. The van der Waals surface area contributed by atoms with Crippen LogP contribution in [-0.2, 0) is 0 Å². The van der Waals surface area contributed by atoms with Crippen LogP contribution in [0.25, 0.3) is 0 Å². The Morgan fingerprint density at radius 1 is 1.42 bits per heavy atom. The molecule has 0 aliphatic carbocycles. The zero-order chi connectivity index (χ0) is 14.0. The molecular formula is C12H10BrN3O3. The van der Waals surface area contributed by atoms with Crippen LogP contribution in [0.2, 0.25) is 0 Å². The summed E-state index contributed by atoms with van der Waals surface area (Å²) in [6.45, 7) is 1.71. The number of rotatable bonds is 3. The number of hydrogen-bond donors (Lipinski definition) is 3. The van der Waals surface area contributed by atoms with Gasteiger partial charge >= 0.3 is 5.97 Å². The molecule has 0 saturated carbocycles. The van der Waals surface area contributed by atoms with E-state index in [2.05, 4.69) is 31.2 Å². The second-order valence-electron chi connectivity index (χ2n) is 3.87. The SMILES string of the molecule is Cc1cc(NC(=O)c2ccc(Br)nc2)c(C(=O)O)[nH]1. The molecule has 0 unspecified atom stereocenters. The lowest BCUT2D eigenvalue weighted by atomic mass is 10.2. The number of aromatic nitrogens is 2. The molecule has 2 aromatic heterocycles. The van der Waals surface area contributed by atoms with Crippen LogP contribution in [0.15, 0.2) is 29.0 Å². The van der Waals surface area contributed by atoms with Gasteiger partial charge in [-0.05, 0) is 41.1 Å². The number of amides is 1. The van der Waals surface area contributed by atoms with Gasteiger partial charge in [0.05, 0.1) is 11.3 Å². The van der Waals surface area contributed by atoms with E-state index in [0.29, 0.717) is 15.9 Å².